The zero-order valence-corrected chi connectivity index (χ0v) is 65.3. The van der Waals surface area contributed by atoms with Gasteiger partial charge < -0.3 is 49.7 Å². The van der Waals surface area contributed by atoms with Gasteiger partial charge in [-0.25, -0.2) is 33.2 Å². The molecule has 21 heteroatoms. The van der Waals surface area contributed by atoms with Crippen molar-refractivity contribution in [3.05, 3.63) is 240 Å². The molecular weight excluding hydrogens is 1400 g/mol. The maximum absolute atomic E-state index is 6.16. The molecule has 0 aliphatic carbocycles. The van der Waals surface area contributed by atoms with E-state index >= 15 is 0 Å². The van der Waals surface area contributed by atoms with E-state index in [4.69, 9.17) is 35.3 Å². The molecule has 0 saturated carbocycles. The minimum Gasteiger partial charge on any atom is -0.452 e. The van der Waals surface area contributed by atoms with Crippen molar-refractivity contribution in [2.45, 2.75) is 82.3 Å². The number of fused-ring (bicyclic) bond motifs is 17. The van der Waals surface area contributed by atoms with Gasteiger partial charge in [0.1, 0.15) is 56.8 Å². The van der Waals surface area contributed by atoms with Crippen LogP contribution in [0.15, 0.2) is 218 Å². The van der Waals surface area contributed by atoms with Gasteiger partial charge in [-0.2, -0.15) is 9.97 Å². The van der Waals surface area contributed by atoms with Crippen molar-refractivity contribution >= 4 is 137 Å². The first-order chi connectivity index (χ1) is 53.0. The van der Waals surface area contributed by atoms with Crippen molar-refractivity contribution in [3.8, 4) is 45.0 Å². The number of oxazole rings is 3. The number of hydrogen-bond acceptors (Lipinski definition) is 16. The van der Waals surface area contributed by atoms with Crippen molar-refractivity contribution in [2.24, 2.45) is 35.2 Å². The average molecular weight is 1480 g/mol. The van der Waals surface area contributed by atoms with Gasteiger partial charge in [0, 0.05) is 124 Å². The van der Waals surface area contributed by atoms with Crippen LogP contribution in [0.2, 0.25) is 0 Å². The number of hydrogen-bond donors (Lipinski definition) is 0. The highest BCUT2D eigenvalue weighted by Gasteiger charge is 2.29. The lowest BCUT2D eigenvalue weighted by molar-refractivity contribution is -0.660. The molecule has 1 atom stereocenters. The van der Waals surface area contributed by atoms with Crippen LogP contribution in [0.1, 0.15) is 63.9 Å². The fourth-order valence-electron chi connectivity index (χ4n) is 15.1. The molecule has 0 fully saturated rings. The number of aryl methyl sites for hydroxylation is 15. The molecule has 1 aliphatic rings. The number of anilines is 1. The topological polar surface area (TPSA) is 196 Å². The van der Waals surface area contributed by atoms with Gasteiger partial charge in [-0.05, 0) is 144 Å². The smallest absolute Gasteiger partial charge is 0.319 e. The highest BCUT2D eigenvalue weighted by atomic mass is 32.1. The summed E-state index contributed by atoms with van der Waals surface area (Å²) in [5, 5.41) is 6.17. The number of aromatic nitrogens is 10. The number of pyridine rings is 5. The predicted molar refractivity (Wildman–Crippen MR) is 431 cm³/mol. The molecule has 0 amide bonds. The van der Waals surface area contributed by atoms with Crippen LogP contribution in [0, 0.1) is 69.2 Å². The van der Waals surface area contributed by atoms with E-state index in [2.05, 4.69) is 230 Å². The van der Waals surface area contributed by atoms with Crippen LogP contribution >= 0.6 is 11.3 Å². The van der Waals surface area contributed by atoms with Crippen molar-refractivity contribution in [1.29, 1.82) is 0 Å². The molecule has 0 bridgehead atoms. The summed E-state index contributed by atoms with van der Waals surface area (Å²) in [4.78, 5) is 27.6. The molecular formula is C89H82N12O8S+4. The summed E-state index contributed by atoms with van der Waals surface area (Å²) in [6.45, 7) is 22.3. The fraction of sp³-hybridized carbons (Fsp3) is 0.202. The summed E-state index contributed by atoms with van der Waals surface area (Å²) in [5.74, 6) is 3.43. The summed E-state index contributed by atoms with van der Waals surface area (Å²) in [6, 6.07) is 49.9. The Morgan fingerprint density at radius 2 is 0.882 bits per heavy atom. The lowest BCUT2D eigenvalue weighted by Gasteiger charge is -2.28. The molecule has 0 N–H and O–H groups in total. The van der Waals surface area contributed by atoms with Crippen LogP contribution in [-0.2, 0) is 35.2 Å². The Bertz CT molecular complexity index is 6700. The number of imidazole rings is 1. The van der Waals surface area contributed by atoms with Crippen molar-refractivity contribution in [2.75, 3.05) is 11.9 Å². The molecule has 110 heavy (non-hydrogen) atoms. The average Bonchev–Trinajstić information content (AvgIpc) is 1.61. The van der Waals surface area contributed by atoms with Crippen molar-refractivity contribution in [1.82, 2.24) is 34.4 Å². The third kappa shape index (κ3) is 12.0. The first-order valence-corrected chi connectivity index (χ1v) is 37.3. The minimum absolute atomic E-state index is 0.280. The summed E-state index contributed by atoms with van der Waals surface area (Å²) in [6.07, 6.45) is 12.7. The molecule has 20 nitrogen and oxygen atoms in total. The van der Waals surface area contributed by atoms with Crippen molar-refractivity contribution < 1.29 is 53.6 Å². The molecule has 15 aromatic heterocycles. The van der Waals surface area contributed by atoms with Crippen LogP contribution in [-0.4, -0.2) is 47.6 Å². The first kappa shape index (κ1) is 70.0. The number of furan rings is 5. The summed E-state index contributed by atoms with van der Waals surface area (Å²) >= 11 is 1.68. The van der Waals surface area contributed by atoms with E-state index in [0.29, 0.717) is 34.7 Å². The van der Waals surface area contributed by atoms with E-state index < -0.39 is 0 Å². The monoisotopic (exact) mass is 1480 g/mol. The number of rotatable bonds is 5. The highest BCUT2D eigenvalue weighted by Crippen LogP contribution is 2.45. The lowest BCUT2D eigenvalue weighted by atomic mass is 10.0. The molecule has 5 aromatic carbocycles. The molecule has 548 valence electrons. The third-order valence-corrected chi connectivity index (χ3v) is 22.1. The van der Waals surface area contributed by atoms with Crippen LogP contribution in [0.4, 0.5) is 5.69 Å². The van der Waals surface area contributed by atoms with Crippen LogP contribution in [0.5, 0.6) is 0 Å². The second-order valence-corrected chi connectivity index (χ2v) is 29.5. The molecule has 0 spiro atoms. The van der Waals surface area contributed by atoms with Gasteiger partial charge in [-0.1, -0.05) is 41.7 Å². The van der Waals surface area contributed by atoms with E-state index in [1.165, 1.54) is 38.0 Å². The number of benzene rings is 5. The van der Waals surface area contributed by atoms with Gasteiger partial charge in [0.2, 0.25) is 44.7 Å². The Morgan fingerprint density at radius 3 is 1.48 bits per heavy atom. The standard InChI is InChI=1S/C20H19N3O2.C18H18N3O.2C17H15N2O2.C17H15N2OS/c1-11-9-15-17(10-16(11)23-8-7-22(4)13(23)3)24-18-14-6-5-12(2)21-20(14)25-19(15)18;1-11-8-9-13-16-18(19-12(2)21(16)4)22-17(13)15(11)14-7-5-6-10-20(14)3;1-10-7-8-12-15-17(20-11(2)18-15)21-16(12)14(10)13-6-4-5-9-19(13)3;1-10-7-8-12-15(21-17-16(12)20-11(2)18-17)14(10)13-6-4-5-9-19(13)3;1-10-7-8-12-15-17(20-11(2)18-15)21-16(12)14(10)13-6-4-5-9-19(13)3/h5-10,13H,1-4H3;5-10H,1-4H3;3*4-9H,1-3H3/q;4*+1/t13-;;;;/m0..../s1. The molecule has 1 aliphatic heterocycles. The Labute approximate surface area is 636 Å². The Balaban J connectivity index is 0.000000100. The maximum Gasteiger partial charge on any atom is 0.319 e. The van der Waals surface area contributed by atoms with Gasteiger partial charge in [0.25, 0.3) is 5.71 Å². The zero-order valence-electron chi connectivity index (χ0n) is 64.4. The second-order valence-electron chi connectivity index (χ2n) is 28.5. The Hall–Kier alpha value is -13.0. The van der Waals surface area contributed by atoms with Crippen molar-refractivity contribution in [3.63, 3.8) is 0 Å². The molecule has 21 rings (SSSR count). The van der Waals surface area contributed by atoms with Crippen LogP contribution in [0.25, 0.3) is 165 Å². The summed E-state index contributed by atoms with van der Waals surface area (Å²) < 4.78 is 58.9. The third-order valence-electron chi connectivity index (χ3n) is 21.0. The second kappa shape index (κ2) is 27.3. The summed E-state index contributed by atoms with van der Waals surface area (Å²) in [7, 11) is 12.3. The van der Waals surface area contributed by atoms with E-state index in [1.54, 1.807) is 11.3 Å². The SMILES string of the molecule is Cc1ccc2c(n1)oc1c3cc(C)c(N4C=CN(C)[C@@H]4C)cc3oc21.Cc1ccc2c(oc3nc(C)n(C)c32)c1-c1cccc[n+]1C.Cc1nc2c(o1)oc1c(-c3cccc[n+]3C)c(C)ccc12.Cc1nc2c(o1)sc1c(-c3cccc[n+]3C)c(C)ccc12.Cc1nc2oc3c(-c4cccc[n+]4C)c(C)ccc3c2o1. The maximum atomic E-state index is 6.16. The van der Waals surface area contributed by atoms with E-state index in [1.807, 2.05) is 129 Å². The predicted octanol–water partition coefficient (Wildman–Crippen LogP) is 19.9. The van der Waals surface area contributed by atoms with Gasteiger partial charge in [0.05, 0.1) is 48.5 Å². The normalized spacial score (nSPS) is 13.0. The van der Waals surface area contributed by atoms with E-state index in [-0.39, 0.29) is 6.17 Å². The van der Waals surface area contributed by atoms with Gasteiger partial charge in [-0.15, -0.1) is 0 Å². The Kier molecular flexibility index (Phi) is 17.4. The molecule has 0 unspecified atom stereocenters. The fourth-order valence-corrected chi connectivity index (χ4v) is 16.4. The van der Waals surface area contributed by atoms with E-state index in [9.17, 15) is 0 Å². The Morgan fingerprint density at radius 1 is 0.382 bits per heavy atom. The lowest BCUT2D eigenvalue weighted by Crippen LogP contribution is -2.33. The minimum atomic E-state index is 0.280. The van der Waals surface area contributed by atoms with Gasteiger partial charge in [-0.3, -0.25) is 0 Å². The molecule has 16 heterocycles. The molecule has 20 aromatic rings. The van der Waals surface area contributed by atoms with Gasteiger partial charge in [0.15, 0.2) is 75.9 Å². The summed E-state index contributed by atoms with van der Waals surface area (Å²) in [5.41, 5.74) is 27.6. The quantitative estimate of drug-likeness (QED) is 0.147. The van der Waals surface area contributed by atoms with Crippen LogP contribution in [0.3, 0.4) is 0 Å². The highest BCUT2D eigenvalue weighted by molar-refractivity contribution is 7.25. The largest absolute Gasteiger partial charge is 0.452 e. The van der Waals surface area contributed by atoms with Crippen LogP contribution < -0.4 is 23.2 Å². The number of nitrogens with zero attached hydrogens (tertiary/aromatic N) is 12. The zero-order chi connectivity index (χ0) is 76.4. The molecule has 0 radical (unpaired) electrons. The van der Waals surface area contributed by atoms with E-state index in [0.717, 1.165) is 155 Å². The first-order valence-electron chi connectivity index (χ1n) is 36.5. The number of thiophene rings is 1. The van der Waals surface area contributed by atoms with Gasteiger partial charge >= 0.3 is 5.78 Å². The molecule has 0 saturated heterocycles.